The number of carbonyl (C=O) groups excluding carboxylic acids is 2. The summed E-state index contributed by atoms with van der Waals surface area (Å²) in [7, 11) is 0. The molecular formula is C20H24N2O2. The molecule has 0 heterocycles. The molecular weight excluding hydrogens is 300 g/mol. The minimum Gasteiger partial charge on any atom is -0.347 e. The van der Waals surface area contributed by atoms with Gasteiger partial charge < -0.3 is 10.6 Å². The van der Waals surface area contributed by atoms with E-state index in [1.165, 1.54) is 0 Å². The third-order valence-corrected chi connectivity index (χ3v) is 3.85. The number of carbonyl (C=O) groups is 2. The largest absolute Gasteiger partial charge is 0.347 e. The van der Waals surface area contributed by atoms with Crippen molar-refractivity contribution in [1.29, 1.82) is 0 Å². The van der Waals surface area contributed by atoms with Crippen LogP contribution in [0.5, 0.6) is 0 Å². The Labute approximate surface area is 143 Å². The summed E-state index contributed by atoms with van der Waals surface area (Å²) in [5.74, 6) is -0.0642. The summed E-state index contributed by atoms with van der Waals surface area (Å²) in [6.45, 7) is 6.12. The van der Waals surface area contributed by atoms with E-state index >= 15 is 0 Å². The molecule has 0 spiro atoms. The topological polar surface area (TPSA) is 58.2 Å². The zero-order valence-electron chi connectivity index (χ0n) is 14.4. The molecule has 0 atom stereocenters. The van der Waals surface area contributed by atoms with E-state index < -0.39 is 0 Å². The van der Waals surface area contributed by atoms with Crippen molar-refractivity contribution in [1.82, 2.24) is 5.32 Å². The predicted molar refractivity (Wildman–Crippen MR) is 97.1 cm³/mol. The first-order valence-electron chi connectivity index (χ1n) is 8.17. The van der Waals surface area contributed by atoms with Crippen LogP contribution in [0.2, 0.25) is 0 Å². The fourth-order valence-electron chi connectivity index (χ4n) is 2.55. The van der Waals surface area contributed by atoms with E-state index in [9.17, 15) is 9.59 Å². The van der Waals surface area contributed by atoms with Gasteiger partial charge in [-0.1, -0.05) is 62.4 Å². The summed E-state index contributed by atoms with van der Waals surface area (Å²) in [5.41, 5.74) is 3.88. The Morgan fingerprint density at radius 1 is 0.958 bits per heavy atom. The van der Waals surface area contributed by atoms with Crippen molar-refractivity contribution in [3.63, 3.8) is 0 Å². The van der Waals surface area contributed by atoms with Gasteiger partial charge in [0.2, 0.25) is 11.8 Å². The SMILES string of the molecule is Cc1cccc(C(C)C)c1NC(=O)CNC(=O)Cc1ccccc1. The van der Waals surface area contributed by atoms with Gasteiger partial charge in [-0.2, -0.15) is 0 Å². The van der Waals surface area contributed by atoms with E-state index in [1.54, 1.807) is 0 Å². The lowest BCUT2D eigenvalue weighted by atomic mass is 9.98. The van der Waals surface area contributed by atoms with E-state index in [-0.39, 0.29) is 24.8 Å². The molecule has 0 saturated carbocycles. The minimum absolute atomic E-state index is 0.0302. The van der Waals surface area contributed by atoms with Gasteiger partial charge in [0.15, 0.2) is 0 Å². The third-order valence-electron chi connectivity index (χ3n) is 3.85. The van der Waals surface area contributed by atoms with Crippen LogP contribution < -0.4 is 10.6 Å². The van der Waals surface area contributed by atoms with E-state index in [1.807, 2.05) is 55.5 Å². The number of hydrogen-bond acceptors (Lipinski definition) is 2. The van der Waals surface area contributed by atoms with Gasteiger partial charge in [-0.3, -0.25) is 9.59 Å². The van der Waals surface area contributed by atoms with Gasteiger partial charge in [0, 0.05) is 5.69 Å². The zero-order valence-corrected chi connectivity index (χ0v) is 14.4. The quantitative estimate of drug-likeness (QED) is 0.855. The molecule has 0 bridgehead atoms. The van der Waals surface area contributed by atoms with Crippen LogP contribution in [-0.2, 0) is 16.0 Å². The maximum Gasteiger partial charge on any atom is 0.243 e. The number of nitrogens with one attached hydrogen (secondary N) is 2. The Balaban J connectivity index is 1.91. The normalized spacial score (nSPS) is 10.5. The van der Waals surface area contributed by atoms with Crippen molar-refractivity contribution in [3.05, 3.63) is 65.2 Å². The van der Waals surface area contributed by atoms with Crippen molar-refractivity contribution in [2.75, 3.05) is 11.9 Å². The number of aryl methyl sites for hydroxylation is 1. The molecule has 0 saturated heterocycles. The van der Waals surface area contributed by atoms with Gasteiger partial charge in [-0.05, 0) is 29.5 Å². The van der Waals surface area contributed by atoms with Crippen molar-refractivity contribution < 1.29 is 9.59 Å². The molecule has 0 radical (unpaired) electrons. The summed E-state index contributed by atoms with van der Waals surface area (Å²) in [6, 6.07) is 15.4. The first kappa shape index (κ1) is 17.7. The Bertz CT molecular complexity index is 709. The predicted octanol–water partition coefficient (Wildman–Crippen LogP) is 3.42. The number of amides is 2. The highest BCUT2D eigenvalue weighted by Gasteiger charge is 2.12. The molecule has 0 aromatic heterocycles. The van der Waals surface area contributed by atoms with Crippen LogP contribution in [0, 0.1) is 6.92 Å². The third kappa shape index (κ3) is 4.95. The smallest absolute Gasteiger partial charge is 0.243 e. The summed E-state index contributed by atoms with van der Waals surface area (Å²) >= 11 is 0. The van der Waals surface area contributed by atoms with Crippen LogP contribution in [0.4, 0.5) is 5.69 Å². The molecule has 0 aliphatic rings. The molecule has 24 heavy (non-hydrogen) atoms. The van der Waals surface area contributed by atoms with Crippen LogP contribution in [0.1, 0.15) is 36.5 Å². The number of rotatable bonds is 6. The lowest BCUT2D eigenvalue weighted by Crippen LogP contribution is -2.34. The highest BCUT2D eigenvalue weighted by Crippen LogP contribution is 2.27. The van der Waals surface area contributed by atoms with Gasteiger partial charge in [0.1, 0.15) is 0 Å². The second-order valence-corrected chi connectivity index (χ2v) is 6.18. The highest BCUT2D eigenvalue weighted by atomic mass is 16.2. The second kappa shape index (κ2) is 8.29. The molecule has 2 rings (SSSR count). The van der Waals surface area contributed by atoms with Crippen LogP contribution in [-0.4, -0.2) is 18.4 Å². The summed E-state index contributed by atoms with van der Waals surface area (Å²) < 4.78 is 0. The van der Waals surface area contributed by atoms with Gasteiger partial charge in [0.05, 0.1) is 13.0 Å². The lowest BCUT2D eigenvalue weighted by molar-refractivity contribution is -0.123. The van der Waals surface area contributed by atoms with Crippen LogP contribution in [0.3, 0.4) is 0 Å². The fraction of sp³-hybridized carbons (Fsp3) is 0.300. The van der Waals surface area contributed by atoms with E-state index in [2.05, 4.69) is 24.5 Å². The number of anilines is 1. The minimum atomic E-state index is -0.215. The van der Waals surface area contributed by atoms with Gasteiger partial charge in [0.25, 0.3) is 0 Å². The average molecular weight is 324 g/mol. The second-order valence-electron chi connectivity index (χ2n) is 6.18. The van der Waals surface area contributed by atoms with E-state index in [0.29, 0.717) is 5.92 Å². The standard InChI is InChI=1S/C20H24N2O2/c1-14(2)17-11-7-8-15(3)20(17)22-19(24)13-21-18(23)12-16-9-5-4-6-10-16/h4-11,14H,12-13H2,1-3H3,(H,21,23)(H,22,24). The van der Waals surface area contributed by atoms with E-state index in [4.69, 9.17) is 0 Å². The first-order chi connectivity index (χ1) is 11.5. The molecule has 0 fully saturated rings. The summed E-state index contributed by atoms with van der Waals surface area (Å²) in [5, 5.41) is 5.59. The van der Waals surface area contributed by atoms with E-state index in [0.717, 1.165) is 22.4 Å². The molecule has 0 aliphatic carbocycles. The van der Waals surface area contributed by atoms with Crippen LogP contribution in [0.15, 0.2) is 48.5 Å². The Hall–Kier alpha value is -2.62. The van der Waals surface area contributed by atoms with Gasteiger partial charge in [-0.15, -0.1) is 0 Å². The molecule has 0 aliphatic heterocycles. The molecule has 2 N–H and O–H groups in total. The first-order valence-corrected chi connectivity index (χ1v) is 8.17. The van der Waals surface area contributed by atoms with Crippen molar-refractivity contribution >= 4 is 17.5 Å². The Morgan fingerprint density at radius 2 is 1.67 bits per heavy atom. The molecule has 0 unspecified atom stereocenters. The maximum absolute atomic E-state index is 12.2. The molecule has 4 heteroatoms. The molecule has 4 nitrogen and oxygen atoms in total. The highest BCUT2D eigenvalue weighted by molar-refractivity contribution is 5.96. The van der Waals surface area contributed by atoms with Gasteiger partial charge in [-0.25, -0.2) is 0 Å². The van der Waals surface area contributed by atoms with Crippen LogP contribution in [0.25, 0.3) is 0 Å². The fourth-order valence-corrected chi connectivity index (χ4v) is 2.55. The summed E-state index contributed by atoms with van der Waals surface area (Å²) in [4.78, 5) is 24.1. The molecule has 2 aromatic rings. The maximum atomic E-state index is 12.2. The number of hydrogen-bond donors (Lipinski definition) is 2. The van der Waals surface area contributed by atoms with Crippen LogP contribution >= 0.6 is 0 Å². The monoisotopic (exact) mass is 324 g/mol. The molecule has 2 aromatic carbocycles. The Morgan fingerprint density at radius 3 is 2.33 bits per heavy atom. The number of para-hydroxylation sites is 1. The lowest BCUT2D eigenvalue weighted by Gasteiger charge is -2.16. The van der Waals surface area contributed by atoms with Crippen molar-refractivity contribution in [3.8, 4) is 0 Å². The Kier molecular flexibility index (Phi) is 6.13. The zero-order chi connectivity index (χ0) is 17.5. The van der Waals surface area contributed by atoms with Gasteiger partial charge >= 0.3 is 0 Å². The number of benzene rings is 2. The molecule has 2 amide bonds. The van der Waals surface area contributed by atoms with Crippen molar-refractivity contribution in [2.45, 2.75) is 33.1 Å². The summed E-state index contributed by atoms with van der Waals surface area (Å²) in [6.07, 6.45) is 0.274. The molecule has 126 valence electrons. The van der Waals surface area contributed by atoms with Crippen molar-refractivity contribution in [2.24, 2.45) is 0 Å². The average Bonchev–Trinajstić information content (AvgIpc) is 2.55.